The Balaban J connectivity index is 1.49. The number of nitrogen functional groups attached to an aromatic ring is 1. The third-order valence-electron chi connectivity index (χ3n) is 4.68. The monoisotopic (exact) mass is 491 g/mol. The summed E-state index contributed by atoms with van der Waals surface area (Å²) in [6, 6.07) is -1.45. The minimum Gasteiger partial charge on any atom is -0.477 e. The number of β-lactam (4-membered cyclic amide) rings is 1. The molecule has 1 saturated heterocycles. The number of nitrogens with one attached hydrogen (secondary N) is 1. The summed E-state index contributed by atoms with van der Waals surface area (Å²) in [5, 5.41) is 29.0. The van der Waals surface area contributed by atoms with Crippen LogP contribution in [0.15, 0.2) is 39.6 Å². The van der Waals surface area contributed by atoms with Gasteiger partial charge in [-0.25, -0.2) is 9.78 Å². The molecule has 33 heavy (non-hydrogen) atoms. The quantitative estimate of drug-likeness (QED) is 0.234. The zero-order chi connectivity index (χ0) is 23.5. The number of anilines is 1. The van der Waals surface area contributed by atoms with Gasteiger partial charge in [0.05, 0.1) is 12.6 Å². The lowest BCUT2D eigenvalue weighted by Crippen LogP contribution is -2.73. The number of thiazole rings is 1. The fourth-order valence-electron chi connectivity index (χ4n) is 3.28. The number of carbonyl (C=O) groups is 3. The van der Waals surface area contributed by atoms with E-state index in [9.17, 15) is 19.5 Å². The largest absolute Gasteiger partial charge is 0.477 e. The second-order valence-electron chi connectivity index (χ2n) is 6.64. The standard InChI is InChI=1S/C17H17N9O5S2/c1-31-23-11(8-5-33-17(18)21-8)14(27)22-12-9-6-32-10(3-2-4-25-20-7-19-24-25)13(16(29)30)26(9)15(12)28/h2-3,5,7,9,12H,4,6H2,1H3,(H2,18,21)(H,22,27)(H,29,30)/t9-,12+/m1/s1. The highest BCUT2D eigenvalue weighted by molar-refractivity contribution is 8.03. The summed E-state index contributed by atoms with van der Waals surface area (Å²) in [5.41, 5.74) is 5.54. The van der Waals surface area contributed by atoms with Gasteiger partial charge in [-0.2, -0.15) is 4.80 Å². The van der Waals surface area contributed by atoms with Crippen LogP contribution < -0.4 is 11.1 Å². The number of rotatable bonds is 8. The molecule has 16 heteroatoms. The highest BCUT2D eigenvalue weighted by Crippen LogP contribution is 2.39. The third-order valence-corrected chi connectivity index (χ3v) is 6.51. The minimum atomic E-state index is -1.25. The summed E-state index contributed by atoms with van der Waals surface area (Å²) in [6.07, 6.45) is 4.56. The Morgan fingerprint density at radius 3 is 2.94 bits per heavy atom. The zero-order valence-corrected chi connectivity index (χ0v) is 18.6. The van der Waals surface area contributed by atoms with Crippen molar-refractivity contribution in [3.8, 4) is 0 Å². The molecule has 2 aromatic rings. The molecule has 0 aromatic carbocycles. The number of thioether (sulfide) groups is 1. The molecule has 4 rings (SSSR count). The lowest BCUT2D eigenvalue weighted by molar-refractivity contribution is -0.153. The number of aliphatic carboxylic acids is 1. The van der Waals surface area contributed by atoms with Crippen LogP contribution in [0.4, 0.5) is 5.13 Å². The number of carboxylic acid groups (broad SMARTS) is 1. The predicted octanol–water partition coefficient (Wildman–Crippen LogP) is -0.943. The molecule has 0 bridgehead atoms. The number of hydrogen-bond acceptors (Lipinski definition) is 12. The number of fused-ring (bicyclic) bond motifs is 1. The number of amides is 2. The number of carbonyl (C=O) groups excluding carboxylic acids is 2. The molecule has 2 aliphatic heterocycles. The molecular weight excluding hydrogens is 474 g/mol. The molecule has 2 amide bonds. The maximum Gasteiger partial charge on any atom is 0.353 e. The Bertz CT molecular complexity index is 1170. The first-order valence-electron chi connectivity index (χ1n) is 9.34. The maximum absolute atomic E-state index is 12.8. The Morgan fingerprint density at radius 2 is 2.30 bits per heavy atom. The molecule has 14 nitrogen and oxygen atoms in total. The highest BCUT2D eigenvalue weighted by Gasteiger charge is 2.53. The van der Waals surface area contributed by atoms with E-state index < -0.39 is 29.9 Å². The fraction of sp³-hybridized carbons (Fsp3) is 0.294. The van der Waals surface area contributed by atoms with Crippen LogP contribution in [-0.2, 0) is 25.8 Å². The van der Waals surface area contributed by atoms with E-state index in [0.717, 1.165) is 11.3 Å². The van der Waals surface area contributed by atoms with Gasteiger partial charge in [0.25, 0.3) is 11.8 Å². The number of nitrogens with zero attached hydrogens (tertiary/aromatic N) is 7. The van der Waals surface area contributed by atoms with Crippen molar-refractivity contribution in [3.05, 3.63) is 40.2 Å². The fourth-order valence-corrected chi connectivity index (χ4v) is 5.03. The number of allylic oxidation sites excluding steroid dienone is 2. The number of tetrazole rings is 1. The van der Waals surface area contributed by atoms with Gasteiger partial charge in [-0.3, -0.25) is 14.5 Å². The van der Waals surface area contributed by atoms with Crippen molar-refractivity contribution >= 4 is 51.7 Å². The Morgan fingerprint density at radius 1 is 1.48 bits per heavy atom. The van der Waals surface area contributed by atoms with Crippen molar-refractivity contribution in [2.24, 2.45) is 5.16 Å². The molecule has 2 atom stereocenters. The van der Waals surface area contributed by atoms with Gasteiger partial charge in [0.15, 0.2) is 17.2 Å². The smallest absolute Gasteiger partial charge is 0.353 e. The number of nitrogens with two attached hydrogens (primary N) is 1. The predicted molar refractivity (Wildman–Crippen MR) is 117 cm³/mol. The first-order chi connectivity index (χ1) is 15.9. The summed E-state index contributed by atoms with van der Waals surface area (Å²) in [5.74, 6) is -2.08. The normalized spacial score (nSPS) is 20.6. The van der Waals surface area contributed by atoms with Crippen LogP contribution >= 0.6 is 23.1 Å². The van der Waals surface area contributed by atoms with Crippen LogP contribution in [0.25, 0.3) is 0 Å². The molecule has 2 aliphatic rings. The molecule has 0 radical (unpaired) electrons. The average Bonchev–Trinajstić information content (AvgIpc) is 3.46. The van der Waals surface area contributed by atoms with Gasteiger partial charge in [-0.1, -0.05) is 11.2 Å². The number of hydrogen-bond donors (Lipinski definition) is 3. The highest BCUT2D eigenvalue weighted by atomic mass is 32.2. The first-order valence-corrected chi connectivity index (χ1v) is 11.2. The topological polar surface area (TPSA) is 191 Å². The van der Waals surface area contributed by atoms with E-state index in [1.807, 2.05) is 0 Å². The second-order valence-corrected chi connectivity index (χ2v) is 8.59. The van der Waals surface area contributed by atoms with E-state index in [4.69, 9.17) is 10.6 Å². The molecule has 2 aromatic heterocycles. The van der Waals surface area contributed by atoms with Gasteiger partial charge in [0.1, 0.15) is 24.5 Å². The third kappa shape index (κ3) is 4.42. The zero-order valence-electron chi connectivity index (χ0n) is 17.0. The first kappa shape index (κ1) is 22.4. The molecule has 0 aliphatic carbocycles. The van der Waals surface area contributed by atoms with E-state index in [-0.39, 0.29) is 28.8 Å². The van der Waals surface area contributed by atoms with Crippen molar-refractivity contribution in [3.63, 3.8) is 0 Å². The molecule has 0 saturated carbocycles. The van der Waals surface area contributed by atoms with Gasteiger partial charge in [0.2, 0.25) is 0 Å². The summed E-state index contributed by atoms with van der Waals surface area (Å²) < 4.78 is 0. The maximum atomic E-state index is 12.8. The van der Waals surface area contributed by atoms with Crippen LogP contribution in [0.1, 0.15) is 5.69 Å². The van der Waals surface area contributed by atoms with Gasteiger partial charge in [-0.05, 0) is 11.3 Å². The van der Waals surface area contributed by atoms with E-state index in [0.29, 0.717) is 10.7 Å². The number of carboxylic acids is 1. The van der Waals surface area contributed by atoms with Crippen molar-refractivity contribution in [1.82, 2.24) is 35.4 Å². The summed E-state index contributed by atoms with van der Waals surface area (Å²) >= 11 is 2.39. The molecule has 0 spiro atoms. The number of oxime groups is 1. The van der Waals surface area contributed by atoms with Crippen molar-refractivity contribution in [2.45, 2.75) is 18.6 Å². The summed E-state index contributed by atoms with van der Waals surface area (Å²) in [6.45, 7) is 0.287. The van der Waals surface area contributed by atoms with Crippen LogP contribution in [0.3, 0.4) is 0 Å². The molecule has 0 unspecified atom stereocenters. The Hall–Kier alpha value is -3.79. The molecule has 4 N–H and O–H groups in total. The van der Waals surface area contributed by atoms with Gasteiger partial charge >= 0.3 is 5.97 Å². The van der Waals surface area contributed by atoms with Crippen LogP contribution in [0.2, 0.25) is 0 Å². The van der Waals surface area contributed by atoms with Crippen LogP contribution in [-0.4, -0.2) is 83.6 Å². The molecule has 172 valence electrons. The number of aromatic nitrogens is 5. The molecular formula is C17H17N9O5S2. The summed E-state index contributed by atoms with van der Waals surface area (Å²) in [7, 11) is 1.27. The van der Waals surface area contributed by atoms with Crippen molar-refractivity contribution in [2.75, 3.05) is 18.6 Å². The molecule has 4 heterocycles. The lowest BCUT2D eigenvalue weighted by Gasteiger charge is -2.49. The van der Waals surface area contributed by atoms with E-state index >= 15 is 0 Å². The minimum absolute atomic E-state index is 0.139. The van der Waals surface area contributed by atoms with E-state index in [1.165, 1.54) is 40.3 Å². The lowest BCUT2D eigenvalue weighted by atomic mass is 9.94. The molecule has 1 fully saturated rings. The Kier molecular flexibility index (Phi) is 6.36. The van der Waals surface area contributed by atoms with Gasteiger partial charge < -0.3 is 21.0 Å². The SMILES string of the molecule is CON=C(C(=O)N[C@@H]1C(=O)N2C(C(=O)O)=C(C=CCn3ncnn3)SC[C@H]12)c1csc(N)n1. The van der Waals surface area contributed by atoms with E-state index in [1.54, 1.807) is 12.2 Å². The van der Waals surface area contributed by atoms with Gasteiger partial charge in [-0.15, -0.1) is 33.3 Å². The van der Waals surface area contributed by atoms with Crippen molar-refractivity contribution in [1.29, 1.82) is 0 Å². The van der Waals surface area contributed by atoms with Crippen molar-refractivity contribution < 1.29 is 24.3 Å². The van der Waals surface area contributed by atoms with E-state index in [2.05, 4.69) is 30.9 Å². The second kappa shape index (κ2) is 9.37. The van der Waals surface area contributed by atoms with Crippen LogP contribution in [0, 0.1) is 0 Å². The average molecular weight is 492 g/mol. The van der Waals surface area contributed by atoms with Crippen LogP contribution in [0.5, 0.6) is 0 Å². The Labute approximate surface area is 194 Å². The van der Waals surface area contributed by atoms with Gasteiger partial charge in [0, 0.05) is 16.0 Å². The summed E-state index contributed by atoms with van der Waals surface area (Å²) in [4.78, 5) is 49.2.